The number of hydrogen-bond donors (Lipinski definition) is 1. The zero-order valence-corrected chi connectivity index (χ0v) is 13.9. The van der Waals surface area contributed by atoms with Gasteiger partial charge in [-0.1, -0.05) is 22.9 Å². The van der Waals surface area contributed by atoms with Crippen molar-refractivity contribution >= 4 is 15.9 Å². The van der Waals surface area contributed by atoms with Crippen molar-refractivity contribution in [2.24, 2.45) is 0 Å². The fraction of sp³-hybridized carbons (Fsp3) is 0.412. The molecule has 0 fully saturated rings. The van der Waals surface area contributed by atoms with E-state index in [0.29, 0.717) is 0 Å². The lowest BCUT2D eigenvalue weighted by molar-refractivity contribution is 0.352. The maximum atomic E-state index is 5.80. The van der Waals surface area contributed by atoms with Crippen LogP contribution in [0.15, 0.2) is 35.1 Å². The second kappa shape index (κ2) is 6.67. The molecule has 0 saturated heterocycles. The first kappa shape index (κ1) is 14.7. The Morgan fingerprint density at radius 2 is 2.29 bits per heavy atom. The van der Waals surface area contributed by atoms with Gasteiger partial charge < -0.3 is 14.6 Å². The quantitative estimate of drug-likeness (QED) is 0.805. The van der Waals surface area contributed by atoms with Crippen molar-refractivity contribution in [2.75, 3.05) is 13.2 Å². The number of ether oxygens (including phenoxy) is 1. The average Bonchev–Trinajstić information content (AvgIpc) is 3.08. The molecule has 112 valence electrons. The highest BCUT2D eigenvalue weighted by molar-refractivity contribution is 9.10. The number of halogens is 1. The molecule has 1 N–H and O–H groups in total. The van der Waals surface area contributed by atoms with Crippen molar-refractivity contribution in [2.45, 2.75) is 32.9 Å². The summed E-state index contributed by atoms with van der Waals surface area (Å²) < 4.78 is 9.16. The third kappa shape index (κ3) is 3.50. The van der Waals surface area contributed by atoms with E-state index in [1.165, 1.54) is 23.1 Å². The van der Waals surface area contributed by atoms with Gasteiger partial charge in [0.2, 0.25) is 0 Å². The molecule has 0 amide bonds. The second-order valence-corrected chi connectivity index (χ2v) is 6.44. The van der Waals surface area contributed by atoms with Crippen LogP contribution in [0, 0.1) is 0 Å². The van der Waals surface area contributed by atoms with Crippen LogP contribution in [-0.2, 0) is 19.5 Å². The summed E-state index contributed by atoms with van der Waals surface area (Å²) in [6, 6.07) is 6.52. The smallest absolute Gasteiger partial charge is 0.127 e. The van der Waals surface area contributed by atoms with Crippen molar-refractivity contribution in [3.8, 4) is 5.75 Å². The molecule has 0 saturated carbocycles. The Kier molecular flexibility index (Phi) is 4.66. The Morgan fingerprint density at radius 3 is 3.14 bits per heavy atom. The van der Waals surface area contributed by atoms with Gasteiger partial charge in [-0.05, 0) is 42.3 Å². The number of nitrogens with zero attached hydrogens (tertiary/aromatic N) is 1. The predicted molar refractivity (Wildman–Crippen MR) is 88.9 cm³/mol. The molecule has 0 bridgehead atoms. The minimum absolute atomic E-state index is 0.802. The molecule has 0 aliphatic carbocycles. The maximum absolute atomic E-state index is 5.80. The Morgan fingerprint density at radius 1 is 1.38 bits per heavy atom. The molecule has 3 rings (SSSR count). The van der Waals surface area contributed by atoms with E-state index in [1.54, 1.807) is 0 Å². The summed E-state index contributed by atoms with van der Waals surface area (Å²) in [6.07, 6.45) is 6.54. The third-order valence-corrected chi connectivity index (χ3v) is 4.20. The lowest BCUT2D eigenvalue weighted by atomic mass is 10.1. The third-order valence-electron chi connectivity index (χ3n) is 3.75. The van der Waals surface area contributed by atoms with Crippen molar-refractivity contribution in [3.63, 3.8) is 0 Å². The van der Waals surface area contributed by atoms with Gasteiger partial charge in [-0.3, -0.25) is 0 Å². The zero-order chi connectivity index (χ0) is 14.7. The van der Waals surface area contributed by atoms with Gasteiger partial charge in [-0.15, -0.1) is 0 Å². The number of aromatic nitrogens is 1. The van der Waals surface area contributed by atoms with E-state index in [9.17, 15) is 0 Å². The van der Waals surface area contributed by atoms with Crippen LogP contribution >= 0.6 is 15.9 Å². The molecular weight excluding hydrogens is 328 g/mol. The van der Waals surface area contributed by atoms with E-state index in [-0.39, 0.29) is 0 Å². The van der Waals surface area contributed by atoms with Crippen LogP contribution in [0.2, 0.25) is 0 Å². The molecule has 1 aromatic heterocycles. The Hall–Kier alpha value is -1.26. The molecule has 2 aromatic rings. The summed E-state index contributed by atoms with van der Waals surface area (Å²) in [4.78, 5) is 0. The van der Waals surface area contributed by atoms with Gasteiger partial charge in [0.25, 0.3) is 0 Å². The van der Waals surface area contributed by atoms with Crippen LogP contribution in [0.25, 0.3) is 0 Å². The maximum Gasteiger partial charge on any atom is 0.127 e. The van der Waals surface area contributed by atoms with Gasteiger partial charge >= 0.3 is 0 Å². The Labute approximate surface area is 134 Å². The summed E-state index contributed by atoms with van der Waals surface area (Å²) in [7, 11) is 0. The van der Waals surface area contributed by atoms with E-state index in [2.05, 4.69) is 63.3 Å². The molecule has 4 heteroatoms. The Bertz CT molecular complexity index is 621. The summed E-state index contributed by atoms with van der Waals surface area (Å²) in [5.41, 5.74) is 3.90. The second-order valence-electron chi connectivity index (χ2n) is 5.52. The predicted octanol–water partition coefficient (Wildman–Crippen LogP) is 3.73. The first-order valence-corrected chi connectivity index (χ1v) is 8.35. The standard InChI is InChI=1S/C17H21BrN2O/c1-2-5-19-10-13-3-6-20(11-13)12-15-9-16(18)8-14-4-7-21-17(14)15/h3,6,8-9,11,19H,2,4-5,7,10,12H2,1H3. The van der Waals surface area contributed by atoms with Gasteiger partial charge in [0.05, 0.1) is 13.2 Å². The molecule has 0 radical (unpaired) electrons. The fourth-order valence-corrected chi connectivity index (χ4v) is 3.32. The molecule has 1 aromatic carbocycles. The molecule has 1 aliphatic rings. The zero-order valence-electron chi connectivity index (χ0n) is 12.4. The van der Waals surface area contributed by atoms with Crippen molar-refractivity contribution < 1.29 is 4.74 Å². The number of hydrogen-bond acceptors (Lipinski definition) is 2. The number of nitrogens with one attached hydrogen (secondary N) is 1. The first-order chi connectivity index (χ1) is 10.3. The van der Waals surface area contributed by atoms with Gasteiger partial charge in [-0.2, -0.15) is 0 Å². The van der Waals surface area contributed by atoms with Gasteiger partial charge in [0.1, 0.15) is 5.75 Å². The topological polar surface area (TPSA) is 26.2 Å². The fourth-order valence-electron chi connectivity index (χ4n) is 2.76. The van der Waals surface area contributed by atoms with Crippen LogP contribution < -0.4 is 10.1 Å². The van der Waals surface area contributed by atoms with Crippen molar-refractivity contribution in [1.29, 1.82) is 0 Å². The van der Waals surface area contributed by atoms with Crippen LogP contribution in [-0.4, -0.2) is 17.7 Å². The van der Waals surface area contributed by atoms with E-state index in [1.807, 2.05) is 0 Å². The highest BCUT2D eigenvalue weighted by Crippen LogP contribution is 2.33. The van der Waals surface area contributed by atoms with Crippen LogP contribution in [0.4, 0.5) is 0 Å². The monoisotopic (exact) mass is 348 g/mol. The molecule has 3 nitrogen and oxygen atoms in total. The SMILES string of the molecule is CCCNCc1ccn(Cc2cc(Br)cc3c2OCC3)c1. The lowest BCUT2D eigenvalue weighted by Crippen LogP contribution is -2.13. The molecular formula is C17H21BrN2O. The van der Waals surface area contributed by atoms with E-state index >= 15 is 0 Å². The summed E-state index contributed by atoms with van der Waals surface area (Å²) in [5, 5.41) is 3.43. The highest BCUT2D eigenvalue weighted by Gasteiger charge is 2.17. The number of rotatable bonds is 6. The van der Waals surface area contributed by atoms with Crippen LogP contribution in [0.5, 0.6) is 5.75 Å². The van der Waals surface area contributed by atoms with Crippen molar-refractivity contribution in [1.82, 2.24) is 9.88 Å². The van der Waals surface area contributed by atoms with Gasteiger partial charge in [0, 0.05) is 35.4 Å². The molecule has 0 atom stereocenters. The molecule has 1 aliphatic heterocycles. The number of benzene rings is 1. The normalized spacial score (nSPS) is 13.2. The lowest BCUT2D eigenvalue weighted by Gasteiger charge is -2.10. The number of fused-ring (bicyclic) bond motifs is 1. The molecule has 2 heterocycles. The van der Waals surface area contributed by atoms with E-state index in [4.69, 9.17) is 4.74 Å². The molecule has 21 heavy (non-hydrogen) atoms. The average molecular weight is 349 g/mol. The van der Waals surface area contributed by atoms with Crippen molar-refractivity contribution in [3.05, 3.63) is 51.8 Å². The summed E-state index contributed by atoms with van der Waals surface area (Å²) in [5.74, 6) is 1.08. The van der Waals surface area contributed by atoms with Gasteiger partial charge in [0.15, 0.2) is 0 Å². The van der Waals surface area contributed by atoms with Crippen LogP contribution in [0.3, 0.4) is 0 Å². The Balaban J connectivity index is 1.72. The first-order valence-electron chi connectivity index (χ1n) is 7.55. The minimum atomic E-state index is 0.802. The van der Waals surface area contributed by atoms with Gasteiger partial charge in [-0.25, -0.2) is 0 Å². The largest absolute Gasteiger partial charge is 0.493 e. The minimum Gasteiger partial charge on any atom is -0.493 e. The molecule has 0 spiro atoms. The summed E-state index contributed by atoms with van der Waals surface area (Å²) >= 11 is 3.60. The highest BCUT2D eigenvalue weighted by atomic mass is 79.9. The van der Waals surface area contributed by atoms with E-state index < -0.39 is 0 Å². The van der Waals surface area contributed by atoms with Crippen LogP contribution in [0.1, 0.15) is 30.0 Å². The summed E-state index contributed by atoms with van der Waals surface area (Å²) in [6.45, 7) is 5.85. The molecule has 0 unspecified atom stereocenters. The van der Waals surface area contributed by atoms with E-state index in [0.717, 1.165) is 42.9 Å².